The fourth-order valence-corrected chi connectivity index (χ4v) is 2.02. The van der Waals surface area contributed by atoms with Crippen LogP contribution in [-0.4, -0.2) is 56.4 Å². The lowest BCUT2D eigenvalue weighted by molar-refractivity contribution is -0.112. The third kappa shape index (κ3) is 4.20. The molecule has 0 aromatic heterocycles. The predicted octanol–water partition coefficient (Wildman–Crippen LogP) is 0.849. The molecule has 1 fully saturated rings. The van der Waals surface area contributed by atoms with Crippen LogP contribution in [0.5, 0.6) is 0 Å². The standard InChI is InChI=1S/C11H22N2O/c1-12(2)6-4-8-13-7-3-5-11(9-13)10-14/h10-11H,3-9H2,1-2H3. The van der Waals surface area contributed by atoms with Gasteiger partial charge in [-0.1, -0.05) is 0 Å². The van der Waals surface area contributed by atoms with E-state index in [4.69, 9.17) is 0 Å². The van der Waals surface area contributed by atoms with E-state index in [0.29, 0.717) is 5.92 Å². The molecule has 0 saturated carbocycles. The third-order valence-corrected chi connectivity index (χ3v) is 2.81. The van der Waals surface area contributed by atoms with Gasteiger partial charge in [-0.05, 0) is 53.0 Å². The van der Waals surface area contributed by atoms with Crippen molar-refractivity contribution >= 4 is 6.29 Å². The average molecular weight is 198 g/mol. The summed E-state index contributed by atoms with van der Waals surface area (Å²) in [5.41, 5.74) is 0. The summed E-state index contributed by atoms with van der Waals surface area (Å²) in [5.74, 6) is 0.295. The second kappa shape index (κ2) is 6.14. The number of nitrogens with zero attached hydrogens (tertiary/aromatic N) is 2. The predicted molar refractivity (Wildman–Crippen MR) is 58.4 cm³/mol. The highest BCUT2D eigenvalue weighted by Crippen LogP contribution is 2.14. The van der Waals surface area contributed by atoms with E-state index >= 15 is 0 Å². The molecule has 1 saturated heterocycles. The van der Waals surface area contributed by atoms with Gasteiger partial charge in [-0.15, -0.1) is 0 Å². The van der Waals surface area contributed by atoms with Crippen molar-refractivity contribution in [2.75, 3.05) is 40.3 Å². The maximum atomic E-state index is 10.7. The molecule has 0 spiro atoms. The number of carbonyl (C=O) groups excluding carboxylic acids is 1. The van der Waals surface area contributed by atoms with Crippen LogP contribution in [0.3, 0.4) is 0 Å². The molecule has 1 aliphatic rings. The van der Waals surface area contributed by atoms with Crippen molar-refractivity contribution < 1.29 is 4.79 Å². The SMILES string of the molecule is CN(C)CCCN1CCCC(C=O)C1. The molecule has 0 aromatic carbocycles. The van der Waals surface area contributed by atoms with Gasteiger partial charge in [-0.25, -0.2) is 0 Å². The summed E-state index contributed by atoms with van der Waals surface area (Å²) in [5, 5.41) is 0. The lowest BCUT2D eigenvalue weighted by Gasteiger charge is -2.30. The number of piperidine rings is 1. The summed E-state index contributed by atoms with van der Waals surface area (Å²) >= 11 is 0. The second-order valence-corrected chi connectivity index (χ2v) is 4.50. The largest absolute Gasteiger partial charge is 0.309 e. The maximum absolute atomic E-state index is 10.7. The quantitative estimate of drug-likeness (QED) is 0.612. The minimum absolute atomic E-state index is 0.295. The Hall–Kier alpha value is -0.410. The summed E-state index contributed by atoms with van der Waals surface area (Å²) in [6.07, 6.45) is 4.61. The zero-order valence-electron chi connectivity index (χ0n) is 9.41. The summed E-state index contributed by atoms with van der Waals surface area (Å²) in [6.45, 7) is 4.44. The molecule has 1 rings (SSSR count). The monoisotopic (exact) mass is 198 g/mol. The van der Waals surface area contributed by atoms with Crippen molar-refractivity contribution in [1.82, 2.24) is 9.80 Å². The number of aldehydes is 1. The highest BCUT2D eigenvalue weighted by Gasteiger charge is 2.18. The molecular weight excluding hydrogens is 176 g/mol. The van der Waals surface area contributed by atoms with Crippen LogP contribution >= 0.6 is 0 Å². The molecule has 0 amide bonds. The van der Waals surface area contributed by atoms with Crippen LogP contribution in [0.1, 0.15) is 19.3 Å². The van der Waals surface area contributed by atoms with Crippen LogP contribution in [0.15, 0.2) is 0 Å². The van der Waals surface area contributed by atoms with Crippen LogP contribution in [0.4, 0.5) is 0 Å². The Bertz CT molecular complexity index is 171. The van der Waals surface area contributed by atoms with Gasteiger partial charge in [0.25, 0.3) is 0 Å². The third-order valence-electron chi connectivity index (χ3n) is 2.81. The zero-order valence-corrected chi connectivity index (χ0v) is 9.41. The summed E-state index contributed by atoms with van der Waals surface area (Å²) in [6, 6.07) is 0. The van der Waals surface area contributed by atoms with Crippen molar-refractivity contribution in [3.63, 3.8) is 0 Å². The molecular formula is C11H22N2O. The van der Waals surface area contributed by atoms with Gasteiger partial charge in [0.2, 0.25) is 0 Å². The molecule has 1 aliphatic heterocycles. The molecule has 0 aromatic rings. The van der Waals surface area contributed by atoms with Gasteiger partial charge >= 0.3 is 0 Å². The van der Waals surface area contributed by atoms with E-state index in [1.807, 2.05) is 0 Å². The minimum atomic E-state index is 0.295. The molecule has 1 heterocycles. The van der Waals surface area contributed by atoms with Crippen molar-refractivity contribution in [2.45, 2.75) is 19.3 Å². The topological polar surface area (TPSA) is 23.6 Å². The van der Waals surface area contributed by atoms with Gasteiger partial charge in [-0.2, -0.15) is 0 Å². The molecule has 0 bridgehead atoms. The van der Waals surface area contributed by atoms with E-state index < -0.39 is 0 Å². The van der Waals surface area contributed by atoms with E-state index in [9.17, 15) is 4.79 Å². The molecule has 0 aliphatic carbocycles. The fraction of sp³-hybridized carbons (Fsp3) is 0.909. The molecule has 14 heavy (non-hydrogen) atoms. The Morgan fingerprint density at radius 3 is 2.93 bits per heavy atom. The Labute approximate surface area is 87.1 Å². The first-order valence-electron chi connectivity index (χ1n) is 5.54. The van der Waals surface area contributed by atoms with Gasteiger partial charge in [-0.3, -0.25) is 0 Å². The number of carbonyl (C=O) groups is 1. The van der Waals surface area contributed by atoms with E-state index in [2.05, 4.69) is 23.9 Å². The first-order valence-corrected chi connectivity index (χ1v) is 5.54. The highest BCUT2D eigenvalue weighted by atomic mass is 16.1. The van der Waals surface area contributed by atoms with Crippen LogP contribution < -0.4 is 0 Å². The maximum Gasteiger partial charge on any atom is 0.124 e. The first kappa shape index (κ1) is 11.7. The molecule has 1 unspecified atom stereocenters. The molecule has 1 atom stereocenters. The Kier molecular flexibility index (Phi) is 5.12. The van der Waals surface area contributed by atoms with E-state index in [1.54, 1.807) is 0 Å². The van der Waals surface area contributed by atoms with Gasteiger partial charge < -0.3 is 14.6 Å². The zero-order chi connectivity index (χ0) is 10.4. The fourth-order valence-electron chi connectivity index (χ4n) is 2.02. The van der Waals surface area contributed by atoms with Crippen molar-refractivity contribution in [3.05, 3.63) is 0 Å². The minimum Gasteiger partial charge on any atom is -0.309 e. The Morgan fingerprint density at radius 2 is 2.29 bits per heavy atom. The van der Waals surface area contributed by atoms with Crippen LogP contribution in [0, 0.1) is 5.92 Å². The molecule has 82 valence electrons. The van der Waals surface area contributed by atoms with E-state index in [-0.39, 0.29) is 0 Å². The number of likely N-dealkylation sites (tertiary alicyclic amines) is 1. The molecule has 0 radical (unpaired) electrons. The molecule has 3 nitrogen and oxygen atoms in total. The first-order chi connectivity index (χ1) is 6.72. The van der Waals surface area contributed by atoms with Crippen LogP contribution in [-0.2, 0) is 4.79 Å². The average Bonchev–Trinajstić information content (AvgIpc) is 2.18. The van der Waals surface area contributed by atoms with Gasteiger partial charge in [0.15, 0.2) is 0 Å². The Morgan fingerprint density at radius 1 is 1.50 bits per heavy atom. The van der Waals surface area contributed by atoms with Gasteiger partial charge in [0, 0.05) is 12.5 Å². The lowest BCUT2D eigenvalue weighted by atomic mass is 10.00. The smallest absolute Gasteiger partial charge is 0.124 e. The number of hydrogen-bond acceptors (Lipinski definition) is 3. The van der Waals surface area contributed by atoms with Gasteiger partial charge in [0.05, 0.1) is 0 Å². The highest BCUT2D eigenvalue weighted by molar-refractivity contribution is 5.53. The normalized spacial score (nSPS) is 24.1. The second-order valence-electron chi connectivity index (χ2n) is 4.50. The number of rotatable bonds is 5. The summed E-state index contributed by atoms with van der Waals surface area (Å²) < 4.78 is 0. The van der Waals surface area contributed by atoms with Crippen LogP contribution in [0.25, 0.3) is 0 Å². The van der Waals surface area contributed by atoms with E-state index in [0.717, 1.165) is 32.3 Å². The van der Waals surface area contributed by atoms with Crippen molar-refractivity contribution in [1.29, 1.82) is 0 Å². The molecule has 0 N–H and O–H groups in total. The lowest BCUT2D eigenvalue weighted by Crippen LogP contribution is -2.37. The van der Waals surface area contributed by atoms with Crippen LogP contribution in [0.2, 0.25) is 0 Å². The number of hydrogen-bond donors (Lipinski definition) is 0. The van der Waals surface area contributed by atoms with Crippen molar-refractivity contribution in [3.8, 4) is 0 Å². The summed E-state index contributed by atoms with van der Waals surface area (Å²) in [4.78, 5) is 15.3. The van der Waals surface area contributed by atoms with E-state index in [1.165, 1.54) is 19.4 Å². The summed E-state index contributed by atoms with van der Waals surface area (Å²) in [7, 11) is 4.20. The van der Waals surface area contributed by atoms with Crippen molar-refractivity contribution in [2.24, 2.45) is 5.92 Å². The van der Waals surface area contributed by atoms with Gasteiger partial charge in [0.1, 0.15) is 6.29 Å². The molecule has 3 heteroatoms. The Balaban J connectivity index is 2.14.